The van der Waals surface area contributed by atoms with Gasteiger partial charge in [-0.25, -0.2) is 0 Å². The first-order chi connectivity index (χ1) is 7.74. The summed E-state index contributed by atoms with van der Waals surface area (Å²) in [5, 5.41) is 14.4. The van der Waals surface area contributed by atoms with Crippen LogP contribution in [-0.2, 0) is 6.54 Å². The zero-order valence-corrected chi connectivity index (χ0v) is 10.4. The van der Waals surface area contributed by atoms with Crippen LogP contribution in [0.4, 0.5) is 0 Å². The van der Waals surface area contributed by atoms with Crippen LogP contribution in [0.3, 0.4) is 0 Å². The Kier molecular flexibility index (Phi) is 3.36. The zero-order chi connectivity index (χ0) is 11.5. The summed E-state index contributed by atoms with van der Waals surface area (Å²) in [4.78, 5) is 4.00. The van der Waals surface area contributed by atoms with Crippen LogP contribution >= 0.6 is 15.9 Å². The summed E-state index contributed by atoms with van der Waals surface area (Å²) >= 11 is 3.39. The van der Waals surface area contributed by atoms with Crippen LogP contribution in [0, 0.1) is 0 Å². The number of pyridine rings is 1. The van der Waals surface area contributed by atoms with E-state index in [1.54, 1.807) is 29.3 Å². The molecule has 0 bridgehead atoms. The summed E-state index contributed by atoms with van der Waals surface area (Å²) in [6, 6.07) is 3.65. The third kappa shape index (κ3) is 2.01. The maximum atomic E-state index is 10.2. The van der Waals surface area contributed by atoms with E-state index in [0.29, 0.717) is 0 Å². The summed E-state index contributed by atoms with van der Waals surface area (Å²) < 4.78 is 2.58. The van der Waals surface area contributed by atoms with Crippen molar-refractivity contribution in [2.45, 2.75) is 19.6 Å². The molecule has 1 N–H and O–H groups in total. The van der Waals surface area contributed by atoms with Crippen molar-refractivity contribution in [3.63, 3.8) is 0 Å². The number of aliphatic hydroxyl groups is 1. The van der Waals surface area contributed by atoms with Gasteiger partial charge in [0.15, 0.2) is 0 Å². The zero-order valence-electron chi connectivity index (χ0n) is 8.84. The minimum atomic E-state index is -0.703. The molecule has 2 aromatic rings. The standard InChI is InChI=1S/C11H12BrN3O/c1-2-15-10(9(12)7-14-15)11(16)8-4-3-5-13-6-8/h3-7,11,16H,2H2,1H3. The number of rotatable bonds is 3. The normalized spacial score (nSPS) is 12.7. The van der Waals surface area contributed by atoms with Crippen molar-refractivity contribution in [1.82, 2.24) is 14.8 Å². The first kappa shape index (κ1) is 11.3. The number of aromatic nitrogens is 3. The molecule has 0 aromatic carbocycles. The molecule has 0 radical (unpaired) electrons. The number of aryl methyl sites for hydroxylation is 1. The van der Waals surface area contributed by atoms with Gasteiger partial charge >= 0.3 is 0 Å². The van der Waals surface area contributed by atoms with E-state index in [2.05, 4.69) is 26.0 Å². The Morgan fingerprint density at radius 2 is 2.31 bits per heavy atom. The Balaban J connectivity index is 2.41. The second kappa shape index (κ2) is 4.76. The van der Waals surface area contributed by atoms with Gasteiger partial charge in [-0.3, -0.25) is 9.67 Å². The van der Waals surface area contributed by atoms with Crippen molar-refractivity contribution >= 4 is 15.9 Å². The number of nitrogens with zero attached hydrogens (tertiary/aromatic N) is 3. The smallest absolute Gasteiger partial charge is 0.123 e. The molecular weight excluding hydrogens is 270 g/mol. The van der Waals surface area contributed by atoms with Crippen LogP contribution in [-0.4, -0.2) is 19.9 Å². The van der Waals surface area contributed by atoms with Crippen molar-refractivity contribution in [3.05, 3.63) is 46.5 Å². The molecule has 2 rings (SSSR count). The second-order valence-electron chi connectivity index (χ2n) is 3.38. The van der Waals surface area contributed by atoms with Crippen LogP contribution in [0.1, 0.15) is 24.3 Å². The molecule has 0 spiro atoms. The molecule has 16 heavy (non-hydrogen) atoms. The van der Waals surface area contributed by atoms with E-state index in [1.807, 2.05) is 13.0 Å². The minimum absolute atomic E-state index is 0.703. The van der Waals surface area contributed by atoms with Gasteiger partial charge < -0.3 is 5.11 Å². The number of hydrogen-bond acceptors (Lipinski definition) is 3. The van der Waals surface area contributed by atoms with E-state index in [9.17, 15) is 5.11 Å². The SMILES string of the molecule is CCn1ncc(Br)c1C(O)c1cccnc1. The van der Waals surface area contributed by atoms with Gasteiger partial charge in [0.25, 0.3) is 0 Å². The Labute approximate surface area is 102 Å². The van der Waals surface area contributed by atoms with E-state index >= 15 is 0 Å². The average molecular weight is 282 g/mol. The quantitative estimate of drug-likeness (QED) is 0.938. The Morgan fingerprint density at radius 3 is 2.94 bits per heavy atom. The first-order valence-electron chi connectivity index (χ1n) is 5.03. The lowest BCUT2D eigenvalue weighted by Gasteiger charge is -2.13. The van der Waals surface area contributed by atoms with Crippen LogP contribution in [0.15, 0.2) is 35.2 Å². The molecular formula is C11H12BrN3O. The topological polar surface area (TPSA) is 50.9 Å². The van der Waals surface area contributed by atoms with E-state index in [-0.39, 0.29) is 0 Å². The third-order valence-corrected chi connectivity index (χ3v) is 3.00. The highest BCUT2D eigenvalue weighted by Crippen LogP contribution is 2.27. The summed E-state index contributed by atoms with van der Waals surface area (Å²) in [6.45, 7) is 2.71. The van der Waals surface area contributed by atoms with E-state index in [4.69, 9.17) is 0 Å². The van der Waals surface area contributed by atoms with Crippen LogP contribution < -0.4 is 0 Å². The van der Waals surface area contributed by atoms with Gasteiger partial charge in [-0.2, -0.15) is 5.10 Å². The summed E-state index contributed by atoms with van der Waals surface area (Å²) in [5.41, 5.74) is 1.52. The lowest BCUT2D eigenvalue weighted by atomic mass is 10.1. The number of halogens is 1. The maximum absolute atomic E-state index is 10.2. The fourth-order valence-corrected chi connectivity index (χ4v) is 2.10. The molecule has 1 atom stereocenters. The molecule has 0 saturated heterocycles. The summed E-state index contributed by atoms with van der Waals surface area (Å²) in [6.07, 6.45) is 4.33. The van der Waals surface area contributed by atoms with Crippen molar-refractivity contribution in [1.29, 1.82) is 0 Å². The van der Waals surface area contributed by atoms with E-state index in [1.165, 1.54) is 0 Å². The van der Waals surface area contributed by atoms with Crippen LogP contribution in [0.5, 0.6) is 0 Å². The van der Waals surface area contributed by atoms with Gasteiger partial charge in [-0.15, -0.1) is 0 Å². The Hall–Kier alpha value is -1.20. The van der Waals surface area contributed by atoms with Crippen molar-refractivity contribution in [2.75, 3.05) is 0 Å². The minimum Gasteiger partial charge on any atom is -0.382 e. The summed E-state index contributed by atoms with van der Waals surface area (Å²) in [5.74, 6) is 0. The van der Waals surface area contributed by atoms with Gasteiger partial charge in [0.1, 0.15) is 6.10 Å². The predicted molar refractivity (Wildman–Crippen MR) is 63.9 cm³/mol. The van der Waals surface area contributed by atoms with E-state index < -0.39 is 6.10 Å². The average Bonchev–Trinajstić information content (AvgIpc) is 2.70. The fourth-order valence-electron chi connectivity index (χ4n) is 1.59. The number of aliphatic hydroxyl groups excluding tert-OH is 1. The molecule has 0 aliphatic heterocycles. The lowest BCUT2D eigenvalue weighted by molar-refractivity contribution is 0.207. The summed E-state index contributed by atoms with van der Waals surface area (Å²) in [7, 11) is 0. The molecule has 4 nitrogen and oxygen atoms in total. The lowest BCUT2D eigenvalue weighted by Crippen LogP contribution is -2.09. The van der Waals surface area contributed by atoms with Crippen molar-refractivity contribution in [3.8, 4) is 0 Å². The van der Waals surface area contributed by atoms with Crippen LogP contribution in [0.2, 0.25) is 0 Å². The molecule has 2 heterocycles. The van der Waals surface area contributed by atoms with Crippen molar-refractivity contribution < 1.29 is 5.11 Å². The molecule has 0 fully saturated rings. The highest BCUT2D eigenvalue weighted by Gasteiger charge is 2.18. The highest BCUT2D eigenvalue weighted by atomic mass is 79.9. The Morgan fingerprint density at radius 1 is 1.50 bits per heavy atom. The fraction of sp³-hybridized carbons (Fsp3) is 0.273. The molecule has 5 heteroatoms. The first-order valence-corrected chi connectivity index (χ1v) is 5.82. The number of hydrogen-bond donors (Lipinski definition) is 1. The van der Waals surface area contributed by atoms with Gasteiger partial charge in [-0.05, 0) is 28.9 Å². The predicted octanol–water partition coefficient (Wildman–Crippen LogP) is 2.14. The van der Waals surface area contributed by atoms with Crippen molar-refractivity contribution in [2.24, 2.45) is 0 Å². The van der Waals surface area contributed by atoms with Gasteiger partial charge in [-0.1, -0.05) is 6.07 Å². The molecule has 2 aromatic heterocycles. The molecule has 0 aliphatic rings. The molecule has 1 unspecified atom stereocenters. The molecule has 0 saturated carbocycles. The third-order valence-electron chi connectivity index (χ3n) is 2.39. The van der Waals surface area contributed by atoms with Gasteiger partial charge in [0.05, 0.1) is 16.4 Å². The monoisotopic (exact) mass is 281 g/mol. The Bertz CT molecular complexity index is 469. The molecule has 0 aliphatic carbocycles. The van der Waals surface area contributed by atoms with Gasteiger partial charge in [0.2, 0.25) is 0 Å². The molecule has 84 valence electrons. The second-order valence-corrected chi connectivity index (χ2v) is 4.24. The highest BCUT2D eigenvalue weighted by molar-refractivity contribution is 9.10. The van der Waals surface area contributed by atoms with E-state index in [0.717, 1.165) is 22.3 Å². The van der Waals surface area contributed by atoms with Gasteiger partial charge in [0, 0.05) is 24.5 Å². The molecule has 0 amide bonds. The van der Waals surface area contributed by atoms with Crippen LogP contribution in [0.25, 0.3) is 0 Å². The largest absolute Gasteiger partial charge is 0.382 e. The maximum Gasteiger partial charge on any atom is 0.123 e.